The molecule has 1 saturated heterocycles. The fourth-order valence-corrected chi connectivity index (χ4v) is 3.88. The second kappa shape index (κ2) is 9.35. The molecule has 1 amide bonds. The Hall–Kier alpha value is -2.48. The molecular formula is C21H26ClN5O2. The second-order valence-electron chi connectivity index (χ2n) is 7.36. The minimum absolute atomic E-state index is 0. The summed E-state index contributed by atoms with van der Waals surface area (Å²) in [6, 6.07) is 11.9. The second-order valence-corrected chi connectivity index (χ2v) is 7.36. The van der Waals surface area contributed by atoms with Crippen molar-refractivity contribution in [3.05, 3.63) is 54.4 Å². The molecule has 1 aromatic carbocycles. The van der Waals surface area contributed by atoms with Gasteiger partial charge in [0.2, 0.25) is 0 Å². The largest absolute Gasteiger partial charge is 0.384 e. The van der Waals surface area contributed by atoms with E-state index >= 15 is 0 Å². The van der Waals surface area contributed by atoms with Crippen LogP contribution in [0.15, 0.2) is 48.8 Å². The number of benzene rings is 1. The van der Waals surface area contributed by atoms with Gasteiger partial charge in [0.05, 0.1) is 18.5 Å². The zero-order valence-corrected chi connectivity index (χ0v) is 17.2. The summed E-state index contributed by atoms with van der Waals surface area (Å²) in [6.07, 6.45) is 5.27. The van der Waals surface area contributed by atoms with E-state index in [4.69, 9.17) is 4.74 Å². The molecule has 0 bridgehead atoms. The minimum atomic E-state index is -0.151. The van der Waals surface area contributed by atoms with E-state index in [2.05, 4.69) is 20.7 Å². The molecule has 1 fully saturated rings. The van der Waals surface area contributed by atoms with Crippen LogP contribution in [0, 0.1) is 5.41 Å². The Morgan fingerprint density at radius 2 is 2.00 bits per heavy atom. The highest BCUT2D eigenvalue weighted by Gasteiger charge is 2.33. The molecule has 0 saturated carbocycles. The predicted molar refractivity (Wildman–Crippen MR) is 114 cm³/mol. The molecule has 2 aromatic heterocycles. The number of amides is 1. The molecule has 4 rings (SSSR count). The van der Waals surface area contributed by atoms with Crippen LogP contribution in [-0.2, 0) is 4.74 Å². The average molecular weight is 416 g/mol. The number of halogens is 1. The molecule has 3 aromatic rings. The zero-order chi connectivity index (χ0) is 19.4. The van der Waals surface area contributed by atoms with Gasteiger partial charge < -0.3 is 15.4 Å². The summed E-state index contributed by atoms with van der Waals surface area (Å²) in [7, 11) is 1.71. The Balaban J connectivity index is 0.00000240. The molecule has 2 N–H and O–H groups in total. The number of piperidine rings is 1. The van der Waals surface area contributed by atoms with Crippen LogP contribution in [0.4, 0.5) is 0 Å². The van der Waals surface area contributed by atoms with Crippen LogP contribution < -0.4 is 10.6 Å². The lowest BCUT2D eigenvalue weighted by molar-refractivity contribution is 0.0512. The van der Waals surface area contributed by atoms with Crippen LogP contribution >= 0.6 is 12.4 Å². The van der Waals surface area contributed by atoms with Crippen molar-refractivity contribution >= 4 is 24.0 Å². The third kappa shape index (κ3) is 4.42. The fraction of sp³-hybridized carbons (Fsp3) is 0.381. The summed E-state index contributed by atoms with van der Waals surface area (Å²) >= 11 is 0. The van der Waals surface area contributed by atoms with Crippen LogP contribution in [0.25, 0.3) is 16.9 Å². The number of carbonyl (C=O) groups excluding carboxylic acids is 1. The van der Waals surface area contributed by atoms with Crippen molar-refractivity contribution in [2.24, 2.45) is 5.41 Å². The zero-order valence-electron chi connectivity index (χ0n) is 16.4. The molecule has 3 heterocycles. The van der Waals surface area contributed by atoms with Gasteiger partial charge in [0.1, 0.15) is 5.56 Å². The Morgan fingerprint density at radius 1 is 1.24 bits per heavy atom. The van der Waals surface area contributed by atoms with Crippen LogP contribution in [0.1, 0.15) is 23.2 Å². The van der Waals surface area contributed by atoms with Crippen molar-refractivity contribution in [3.8, 4) is 11.3 Å². The molecule has 0 unspecified atom stereocenters. The van der Waals surface area contributed by atoms with E-state index in [1.165, 1.54) is 0 Å². The van der Waals surface area contributed by atoms with Crippen LogP contribution in [-0.4, -0.2) is 53.9 Å². The molecular weight excluding hydrogens is 390 g/mol. The first-order valence-electron chi connectivity index (χ1n) is 9.58. The molecule has 1 aliphatic heterocycles. The van der Waals surface area contributed by atoms with Gasteiger partial charge in [-0.05, 0) is 32.0 Å². The third-order valence-electron chi connectivity index (χ3n) is 5.45. The number of nitrogens with one attached hydrogen (secondary N) is 2. The maximum atomic E-state index is 12.9. The maximum absolute atomic E-state index is 12.9. The lowest BCUT2D eigenvalue weighted by atomic mass is 9.79. The van der Waals surface area contributed by atoms with Gasteiger partial charge in [-0.2, -0.15) is 5.10 Å². The van der Waals surface area contributed by atoms with Gasteiger partial charge in [0.25, 0.3) is 5.91 Å². The van der Waals surface area contributed by atoms with Gasteiger partial charge >= 0.3 is 0 Å². The molecule has 0 radical (unpaired) electrons. The molecule has 1 aliphatic rings. The van der Waals surface area contributed by atoms with Crippen molar-refractivity contribution in [1.29, 1.82) is 0 Å². The van der Waals surface area contributed by atoms with Crippen molar-refractivity contribution in [2.75, 3.05) is 33.4 Å². The number of carbonyl (C=O) groups is 1. The number of aromatic nitrogens is 3. The molecule has 8 heteroatoms. The van der Waals surface area contributed by atoms with Gasteiger partial charge in [-0.15, -0.1) is 12.4 Å². The quantitative estimate of drug-likeness (QED) is 0.646. The number of ether oxygens (including phenoxy) is 1. The van der Waals surface area contributed by atoms with Crippen LogP contribution in [0.2, 0.25) is 0 Å². The first-order chi connectivity index (χ1) is 13.7. The van der Waals surface area contributed by atoms with Gasteiger partial charge in [0, 0.05) is 30.8 Å². The Kier molecular flexibility index (Phi) is 6.84. The summed E-state index contributed by atoms with van der Waals surface area (Å²) < 4.78 is 7.16. The molecule has 0 atom stereocenters. The number of nitrogens with zero attached hydrogens (tertiary/aromatic N) is 3. The van der Waals surface area contributed by atoms with E-state index in [0.29, 0.717) is 24.4 Å². The highest BCUT2D eigenvalue weighted by molar-refractivity contribution is 5.99. The van der Waals surface area contributed by atoms with E-state index in [1.807, 2.05) is 36.4 Å². The van der Waals surface area contributed by atoms with E-state index in [-0.39, 0.29) is 23.7 Å². The Bertz CT molecular complexity index is 949. The first-order valence-corrected chi connectivity index (χ1v) is 9.58. The van der Waals surface area contributed by atoms with Gasteiger partial charge in [-0.25, -0.2) is 9.50 Å². The van der Waals surface area contributed by atoms with E-state index < -0.39 is 0 Å². The SMILES string of the molecule is COCC1(CNC(=O)c2cnn3c(-c4ccccc4)ccnc23)CCNCC1.Cl. The average Bonchev–Trinajstić information content (AvgIpc) is 3.18. The summed E-state index contributed by atoms with van der Waals surface area (Å²) in [5.74, 6) is -0.151. The predicted octanol–water partition coefficient (Wildman–Crippen LogP) is 2.56. The number of hydrogen-bond donors (Lipinski definition) is 2. The first kappa shape index (κ1) is 21.2. The third-order valence-corrected chi connectivity index (χ3v) is 5.45. The molecule has 7 nitrogen and oxygen atoms in total. The van der Waals surface area contributed by atoms with E-state index in [9.17, 15) is 4.79 Å². The summed E-state index contributed by atoms with van der Waals surface area (Å²) in [5, 5.41) is 10.9. The highest BCUT2D eigenvalue weighted by atomic mass is 35.5. The van der Waals surface area contributed by atoms with Crippen molar-refractivity contribution in [2.45, 2.75) is 12.8 Å². The van der Waals surface area contributed by atoms with Gasteiger partial charge in [-0.1, -0.05) is 30.3 Å². The molecule has 154 valence electrons. The van der Waals surface area contributed by atoms with E-state index in [1.54, 1.807) is 24.0 Å². The summed E-state index contributed by atoms with van der Waals surface area (Å²) in [6.45, 7) is 3.10. The number of methoxy groups -OCH3 is 1. The van der Waals surface area contributed by atoms with E-state index in [0.717, 1.165) is 37.2 Å². The molecule has 0 aliphatic carbocycles. The normalized spacial score (nSPS) is 15.6. The van der Waals surface area contributed by atoms with Gasteiger partial charge in [-0.3, -0.25) is 4.79 Å². The minimum Gasteiger partial charge on any atom is -0.384 e. The van der Waals surface area contributed by atoms with Gasteiger partial charge in [0.15, 0.2) is 5.65 Å². The highest BCUT2D eigenvalue weighted by Crippen LogP contribution is 2.28. The fourth-order valence-electron chi connectivity index (χ4n) is 3.88. The van der Waals surface area contributed by atoms with Crippen molar-refractivity contribution in [1.82, 2.24) is 25.2 Å². The van der Waals surface area contributed by atoms with Crippen molar-refractivity contribution in [3.63, 3.8) is 0 Å². The lowest BCUT2D eigenvalue weighted by Crippen LogP contribution is -2.47. The monoisotopic (exact) mass is 415 g/mol. The number of rotatable bonds is 6. The number of hydrogen-bond acceptors (Lipinski definition) is 5. The number of fused-ring (bicyclic) bond motifs is 1. The molecule has 0 spiro atoms. The Morgan fingerprint density at radius 3 is 2.72 bits per heavy atom. The standard InChI is InChI=1S/C21H25N5O2.ClH/c1-28-15-21(8-11-22-12-9-21)14-24-20(27)17-13-25-26-18(7-10-23-19(17)26)16-5-3-2-4-6-16;/h2-7,10,13,22H,8-9,11-12,14-15H2,1H3,(H,24,27);1H. The topological polar surface area (TPSA) is 80.5 Å². The lowest BCUT2D eigenvalue weighted by Gasteiger charge is -2.37. The van der Waals surface area contributed by atoms with Crippen LogP contribution in [0.5, 0.6) is 0 Å². The van der Waals surface area contributed by atoms with Crippen LogP contribution in [0.3, 0.4) is 0 Å². The smallest absolute Gasteiger partial charge is 0.256 e. The Labute approximate surface area is 176 Å². The summed E-state index contributed by atoms with van der Waals surface area (Å²) in [4.78, 5) is 17.3. The molecule has 29 heavy (non-hydrogen) atoms. The summed E-state index contributed by atoms with van der Waals surface area (Å²) in [5.41, 5.74) is 2.95. The maximum Gasteiger partial charge on any atom is 0.256 e. The van der Waals surface area contributed by atoms with Crippen molar-refractivity contribution < 1.29 is 9.53 Å².